The van der Waals surface area contributed by atoms with Crippen LogP contribution in [0.5, 0.6) is 0 Å². The number of hydrogen-bond acceptors (Lipinski definition) is 4. The van der Waals surface area contributed by atoms with Gasteiger partial charge in [0.2, 0.25) is 0 Å². The Bertz CT molecular complexity index is 1050. The number of nitrogens with one attached hydrogen (secondary N) is 1. The van der Waals surface area contributed by atoms with Crippen molar-refractivity contribution in [2.24, 2.45) is 5.92 Å². The second-order valence-corrected chi connectivity index (χ2v) is 10.7. The molecule has 6 rings (SSSR count). The Morgan fingerprint density at radius 1 is 1.06 bits per heavy atom. The lowest BCUT2D eigenvalue weighted by atomic mass is 9.74. The third-order valence-corrected chi connectivity index (χ3v) is 8.44. The number of carbonyl (C=O) groups excluding carboxylic acids is 2. The summed E-state index contributed by atoms with van der Waals surface area (Å²) in [5, 5.41) is 2.78. The van der Waals surface area contributed by atoms with E-state index < -0.39 is 11.2 Å². The van der Waals surface area contributed by atoms with E-state index in [-0.39, 0.29) is 30.4 Å². The topological polar surface area (TPSA) is 68.3 Å². The van der Waals surface area contributed by atoms with E-state index in [1.165, 1.54) is 12.3 Å². The Morgan fingerprint density at radius 2 is 1.75 bits per heavy atom. The molecule has 2 aromatic rings. The number of carbonyl (C=O) groups is 2. The first-order valence-electron chi connectivity index (χ1n) is 13.0. The molecule has 4 fully saturated rings. The van der Waals surface area contributed by atoms with Gasteiger partial charge in [0.25, 0.3) is 5.91 Å². The van der Waals surface area contributed by atoms with E-state index in [9.17, 15) is 14.0 Å². The predicted molar refractivity (Wildman–Crippen MR) is 131 cm³/mol. The van der Waals surface area contributed by atoms with Crippen molar-refractivity contribution >= 4 is 17.6 Å². The average molecular weight is 516 g/mol. The monoisotopic (exact) mass is 515 g/mol. The quantitative estimate of drug-likeness (QED) is 0.360. The number of amides is 1. The molecule has 1 amide bonds. The van der Waals surface area contributed by atoms with Gasteiger partial charge in [-0.15, -0.1) is 0 Å². The summed E-state index contributed by atoms with van der Waals surface area (Å²) in [6.07, 6.45) is 10.3. The number of nitrogens with zero attached hydrogens (tertiary/aromatic N) is 2. The number of ether oxygens (including phenoxy) is 1. The Labute approximate surface area is 218 Å². The Hall–Kier alpha value is -2.51. The fourth-order valence-corrected chi connectivity index (χ4v) is 6.51. The lowest BCUT2D eigenvalue weighted by Crippen LogP contribution is -3.00. The number of hydrogen-bond donors (Lipinski definition) is 1. The molecular formula is C28H35ClFN3O3. The van der Waals surface area contributed by atoms with Gasteiger partial charge in [-0.05, 0) is 18.4 Å². The number of quaternary nitrogens is 1. The van der Waals surface area contributed by atoms with Crippen LogP contribution in [0.2, 0.25) is 0 Å². The fourth-order valence-electron chi connectivity index (χ4n) is 6.51. The first-order chi connectivity index (χ1) is 17.0. The van der Waals surface area contributed by atoms with E-state index in [2.05, 4.69) is 22.4 Å². The number of aromatic nitrogens is 1. The largest absolute Gasteiger partial charge is 1.00 e. The lowest BCUT2D eigenvalue weighted by molar-refractivity contribution is -0.939. The van der Waals surface area contributed by atoms with Crippen molar-refractivity contribution in [1.29, 1.82) is 0 Å². The van der Waals surface area contributed by atoms with Gasteiger partial charge in [-0.1, -0.05) is 56.0 Å². The first kappa shape index (κ1) is 26.6. The summed E-state index contributed by atoms with van der Waals surface area (Å²) >= 11 is 0. The van der Waals surface area contributed by atoms with E-state index in [1.54, 1.807) is 0 Å². The number of rotatable bonds is 6. The van der Waals surface area contributed by atoms with E-state index in [0.717, 1.165) is 76.2 Å². The van der Waals surface area contributed by atoms with Crippen LogP contribution in [0.15, 0.2) is 48.8 Å². The summed E-state index contributed by atoms with van der Waals surface area (Å²) in [5.41, 5.74) is 0.859. The van der Waals surface area contributed by atoms with Crippen molar-refractivity contribution in [1.82, 2.24) is 4.98 Å². The van der Waals surface area contributed by atoms with Crippen LogP contribution in [0.1, 0.15) is 56.9 Å². The van der Waals surface area contributed by atoms with Crippen LogP contribution in [0, 0.1) is 11.7 Å². The standard InChI is InChI=1S/C28H34FN3O3.ClH/c29-23-16-24(18-30-17-23)31-26(33)20-32-14-10-21(11-15-32)25(19-32)35-27(34)28(12-6-1-2-7-13-28)22-8-4-3-5-9-22;/h3-5,8-9,16-18,21,25H,1-2,6-7,10-15,19-20H2;1H. The van der Waals surface area contributed by atoms with Gasteiger partial charge in [0, 0.05) is 24.8 Å². The Morgan fingerprint density at radius 3 is 2.42 bits per heavy atom. The van der Waals surface area contributed by atoms with E-state index in [1.807, 2.05) is 18.2 Å². The molecule has 194 valence electrons. The van der Waals surface area contributed by atoms with Gasteiger partial charge < -0.3 is 26.9 Å². The highest BCUT2D eigenvalue weighted by Gasteiger charge is 2.51. The summed E-state index contributed by atoms with van der Waals surface area (Å²) in [7, 11) is 0. The number of anilines is 1. The van der Waals surface area contributed by atoms with Crippen molar-refractivity contribution in [2.75, 3.05) is 31.5 Å². The third-order valence-electron chi connectivity index (χ3n) is 8.44. The fraction of sp³-hybridized carbons (Fsp3) is 0.536. The number of benzene rings is 1. The molecule has 3 saturated heterocycles. The van der Waals surface area contributed by atoms with E-state index >= 15 is 0 Å². The van der Waals surface area contributed by atoms with E-state index in [4.69, 9.17) is 4.74 Å². The van der Waals surface area contributed by atoms with Crippen LogP contribution in [0.4, 0.5) is 10.1 Å². The summed E-state index contributed by atoms with van der Waals surface area (Å²) in [4.78, 5) is 30.5. The SMILES string of the molecule is O=C(C[N+]12CCC(CC1)C(OC(=O)C1(c3ccccc3)CCCCCC1)C2)Nc1cncc(F)c1.[Cl-]. The van der Waals surface area contributed by atoms with Crippen molar-refractivity contribution in [2.45, 2.75) is 62.9 Å². The minimum Gasteiger partial charge on any atom is -1.00 e. The van der Waals surface area contributed by atoms with Crippen LogP contribution in [-0.4, -0.2) is 53.6 Å². The number of esters is 1. The zero-order valence-electron chi connectivity index (χ0n) is 20.6. The molecule has 0 radical (unpaired) electrons. The Balaban J connectivity index is 0.00000304. The molecule has 1 unspecified atom stereocenters. The summed E-state index contributed by atoms with van der Waals surface area (Å²) in [6, 6.07) is 11.4. The number of halogens is 2. The smallest absolute Gasteiger partial charge is 0.317 e. The molecule has 4 heterocycles. The lowest BCUT2D eigenvalue weighted by Gasteiger charge is -2.52. The predicted octanol–water partition coefficient (Wildman–Crippen LogP) is 1.61. The van der Waals surface area contributed by atoms with Gasteiger partial charge in [0.1, 0.15) is 12.4 Å². The molecule has 36 heavy (non-hydrogen) atoms. The molecule has 1 aromatic carbocycles. The first-order valence-corrected chi connectivity index (χ1v) is 13.0. The number of pyridine rings is 1. The number of fused-ring (bicyclic) bond motifs is 3. The van der Waals surface area contributed by atoms with Crippen molar-refractivity contribution < 1.29 is 35.6 Å². The molecule has 3 aliphatic heterocycles. The van der Waals surface area contributed by atoms with Gasteiger partial charge in [-0.3, -0.25) is 14.6 Å². The van der Waals surface area contributed by atoms with Gasteiger partial charge in [-0.25, -0.2) is 4.39 Å². The molecule has 1 N–H and O–H groups in total. The molecule has 1 aliphatic carbocycles. The third kappa shape index (κ3) is 5.57. The molecule has 0 spiro atoms. The van der Waals surface area contributed by atoms with Crippen molar-refractivity contribution in [3.05, 3.63) is 60.2 Å². The Kier molecular flexibility index (Phi) is 8.30. The molecule has 2 bridgehead atoms. The van der Waals surface area contributed by atoms with Gasteiger partial charge in [0.15, 0.2) is 12.6 Å². The zero-order valence-corrected chi connectivity index (χ0v) is 21.4. The maximum atomic E-state index is 13.9. The van der Waals surface area contributed by atoms with Crippen LogP contribution in [0.25, 0.3) is 0 Å². The second kappa shape index (κ2) is 11.3. The molecule has 6 nitrogen and oxygen atoms in total. The van der Waals surface area contributed by atoms with Crippen LogP contribution < -0.4 is 17.7 Å². The van der Waals surface area contributed by atoms with Crippen LogP contribution >= 0.6 is 0 Å². The average Bonchev–Trinajstić information content (AvgIpc) is 3.12. The molecule has 1 aromatic heterocycles. The summed E-state index contributed by atoms with van der Waals surface area (Å²) in [5.74, 6) is -0.371. The maximum Gasteiger partial charge on any atom is 0.317 e. The molecular weight excluding hydrogens is 481 g/mol. The summed E-state index contributed by atoms with van der Waals surface area (Å²) in [6.45, 7) is 2.76. The highest BCUT2D eigenvalue weighted by atomic mass is 35.5. The molecule has 1 atom stereocenters. The van der Waals surface area contributed by atoms with Crippen LogP contribution in [0.3, 0.4) is 0 Å². The van der Waals surface area contributed by atoms with Gasteiger partial charge in [-0.2, -0.15) is 0 Å². The minimum absolute atomic E-state index is 0. The van der Waals surface area contributed by atoms with Gasteiger partial charge in [0.05, 0.1) is 36.6 Å². The second-order valence-electron chi connectivity index (χ2n) is 10.7. The minimum atomic E-state index is -0.573. The maximum absolute atomic E-state index is 13.9. The number of piperidine rings is 3. The van der Waals surface area contributed by atoms with Gasteiger partial charge >= 0.3 is 5.97 Å². The van der Waals surface area contributed by atoms with Crippen LogP contribution in [-0.2, 0) is 19.7 Å². The van der Waals surface area contributed by atoms with Crippen molar-refractivity contribution in [3.63, 3.8) is 0 Å². The molecule has 8 heteroatoms. The molecule has 1 saturated carbocycles. The summed E-state index contributed by atoms with van der Waals surface area (Å²) < 4.78 is 20.4. The highest BCUT2D eigenvalue weighted by Crippen LogP contribution is 2.42. The van der Waals surface area contributed by atoms with E-state index in [0.29, 0.717) is 29.2 Å². The highest BCUT2D eigenvalue weighted by molar-refractivity contribution is 5.91. The molecule has 4 aliphatic rings. The van der Waals surface area contributed by atoms with Crippen molar-refractivity contribution in [3.8, 4) is 0 Å². The zero-order chi connectivity index (χ0) is 24.3. The normalized spacial score (nSPS) is 26.8.